The molecule has 1 aliphatic rings. The van der Waals surface area contributed by atoms with Crippen LogP contribution >= 0.6 is 0 Å². The smallest absolute Gasteiger partial charge is 0.461 e. The molecule has 2 aromatic rings. The molecule has 1 saturated heterocycles. The molecular formula is C28H38F3N3O6S. The van der Waals surface area contributed by atoms with Gasteiger partial charge in [0.05, 0.1) is 29.3 Å². The predicted octanol–water partition coefficient (Wildman–Crippen LogP) is 6.11. The maximum absolute atomic E-state index is 13.5. The molecule has 0 radical (unpaired) electrons. The first-order valence-corrected chi connectivity index (χ1v) is 14.7. The van der Waals surface area contributed by atoms with E-state index in [9.17, 15) is 26.4 Å². The van der Waals surface area contributed by atoms with Gasteiger partial charge in [-0.3, -0.25) is 9.97 Å². The Morgan fingerprint density at radius 2 is 1.66 bits per heavy atom. The molecule has 1 atom stereocenters. The van der Waals surface area contributed by atoms with Crippen molar-refractivity contribution in [1.82, 2.24) is 9.97 Å². The quantitative estimate of drug-likeness (QED) is 0.201. The van der Waals surface area contributed by atoms with Gasteiger partial charge in [-0.1, -0.05) is 13.8 Å². The highest BCUT2D eigenvalue weighted by Gasteiger charge is 2.48. The lowest BCUT2D eigenvalue weighted by Gasteiger charge is -2.41. The average Bonchev–Trinajstić information content (AvgIpc) is 2.81. The summed E-state index contributed by atoms with van der Waals surface area (Å²) in [4.78, 5) is 24.3. The van der Waals surface area contributed by atoms with Crippen molar-refractivity contribution in [3.63, 3.8) is 0 Å². The number of ether oxygens (including phenoxy) is 2. The van der Waals surface area contributed by atoms with E-state index in [1.165, 1.54) is 6.07 Å². The number of piperidine rings is 1. The summed E-state index contributed by atoms with van der Waals surface area (Å²) in [6, 6.07) is 2.44. The molecule has 0 N–H and O–H groups in total. The molecule has 3 heterocycles. The monoisotopic (exact) mass is 601 g/mol. The number of aromatic nitrogens is 2. The number of halogens is 3. The van der Waals surface area contributed by atoms with Crippen LogP contribution in [-0.2, 0) is 24.4 Å². The number of hydrogen-bond acceptors (Lipinski definition) is 9. The molecule has 1 aliphatic heterocycles. The molecule has 0 aromatic carbocycles. The van der Waals surface area contributed by atoms with Gasteiger partial charge in [0, 0.05) is 36.1 Å². The number of carbonyl (C=O) groups is 1. The first-order valence-electron chi connectivity index (χ1n) is 13.3. The molecule has 13 heteroatoms. The maximum atomic E-state index is 13.5. The summed E-state index contributed by atoms with van der Waals surface area (Å²) < 4.78 is 77.4. The van der Waals surface area contributed by atoms with Gasteiger partial charge in [0.1, 0.15) is 0 Å². The third-order valence-electron chi connectivity index (χ3n) is 6.52. The Hall–Kier alpha value is -2.93. The zero-order chi connectivity index (χ0) is 31.0. The van der Waals surface area contributed by atoms with Crippen LogP contribution in [0.4, 0.5) is 18.9 Å². The van der Waals surface area contributed by atoms with Gasteiger partial charge in [-0.05, 0) is 71.9 Å². The number of hydrogen-bond donors (Lipinski definition) is 0. The Bertz CT molecular complexity index is 1340. The summed E-state index contributed by atoms with van der Waals surface area (Å²) in [5.41, 5.74) is -3.72. The van der Waals surface area contributed by atoms with Crippen molar-refractivity contribution >= 4 is 21.8 Å². The van der Waals surface area contributed by atoms with Crippen LogP contribution in [0.3, 0.4) is 0 Å². The van der Waals surface area contributed by atoms with Gasteiger partial charge in [-0.25, -0.2) is 4.79 Å². The van der Waals surface area contributed by atoms with Crippen molar-refractivity contribution in [2.75, 3.05) is 18.0 Å². The molecule has 0 bridgehead atoms. The van der Waals surface area contributed by atoms with E-state index in [4.69, 9.17) is 9.47 Å². The second kappa shape index (κ2) is 11.7. The number of anilines is 1. The van der Waals surface area contributed by atoms with Crippen molar-refractivity contribution in [1.29, 1.82) is 0 Å². The Labute approximate surface area is 239 Å². The van der Waals surface area contributed by atoms with Gasteiger partial charge >= 0.3 is 21.6 Å². The summed E-state index contributed by atoms with van der Waals surface area (Å²) in [7, 11) is -5.85. The van der Waals surface area contributed by atoms with E-state index >= 15 is 0 Å². The van der Waals surface area contributed by atoms with Crippen molar-refractivity contribution in [2.45, 2.75) is 91.5 Å². The molecule has 1 fully saturated rings. The van der Waals surface area contributed by atoms with Gasteiger partial charge in [0.25, 0.3) is 0 Å². The van der Waals surface area contributed by atoms with E-state index in [2.05, 4.69) is 32.9 Å². The standard InChI is InChI=1S/C28H38F3N3O6S/c1-17(2)38-25(35)24(39-26(4,5)6)22-18(3)32-16-20(23(22)34-13-11-27(7,8)12-14-34)21-10-9-19(15-33-21)40-41(36,37)28(29,30)31/h9-10,15-17,24H,11-14H2,1-8H3/t24-/m0/s1. The fourth-order valence-electron chi connectivity index (χ4n) is 4.42. The zero-order valence-electron chi connectivity index (χ0n) is 24.6. The van der Waals surface area contributed by atoms with Crippen LogP contribution < -0.4 is 9.08 Å². The maximum Gasteiger partial charge on any atom is 0.534 e. The summed E-state index contributed by atoms with van der Waals surface area (Å²) in [5.74, 6) is -1.17. The molecule has 2 aromatic heterocycles. The number of aryl methyl sites for hydroxylation is 1. The number of nitrogens with zero attached hydrogens (tertiary/aromatic N) is 3. The summed E-state index contributed by atoms with van der Waals surface area (Å²) in [6.07, 6.45) is 2.68. The summed E-state index contributed by atoms with van der Waals surface area (Å²) in [6.45, 7) is 16.4. The predicted molar refractivity (Wildman–Crippen MR) is 148 cm³/mol. The number of carbonyl (C=O) groups excluding carboxylic acids is 1. The lowest BCUT2D eigenvalue weighted by atomic mass is 9.82. The van der Waals surface area contributed by atoms with Crippen LogP contribution in [0.15, 0.2) is 24.5 Å². The largest absolute Gasteiger partial charge is 0.534 e. The Kier molecular flexibility index (Phi) is 9.34. The van der Waals surface area contributed by atoms with Gasteiger partial charge in [-0.2, -0.15) is 21.6 Å². The lowest BCUT2D eigenvalue weighted by molar-refractivity contribution is -0.171. The normalized spacial score (nSPS) is 16.9. The molecule has 41 heavy (non-hydrogen) atoms. The van der Waals surface area contributed by atoms with Gasteiger partial charge in [-0.15, -0.1) is 0 Å². The van der Waals surface area contributed by atoms with E-state index in [0.717, 1.165) is 25.1 Å². The van der Waals surface area contributed by atoms with E-state index in [1.54, 1.807) is 27.0 Å². The Morgan fingerprint density at radius 3 is 2.15 bits per heavy atom. The van der Waals surface area contributed by atoms with E-state index in [0.29, 0.717) is 41.3 Å². The topological polar surface area (TPSA) is 108 Å². The number of esters is 1. The SMILES string of the molecule is Cc1ncc(-c2ccc(OS(=O)(=O)C(F)(F)F)cn2)c(N2CCC(C)(C)CC2)c1[C@H](OC(C)(C)C)C(=O)OC(C)C. The van der Waals surface area contributed by atoms with Crippen molar-refractivity contribution in [3.05, 3.63) is 35.8 Å². The second-order valence-electron chi connectivity index (χ2n) is 12.1. The minimum Gasteiger partial charge on any atom is -0.461 e. The number of alkyl halides is 3. The lowest BCUT2D eigenvalue weighted by Crippen LogP contribution is -2.39. The Morgan fingerprint density at radius 1 is 1.05 bits per heavy atom. The molecular weight excluding hydrogens is 563 g/mol. The van der Waals surface area contributed by atoms with Crippen LogP contribution in [0.25, 0.3) is 11.3 Å². The highest BCUT2D eigenvalue weighted by Crippen LogP contribution is 2.43. The first kappa shape index (κ1) is 32.6. The molecule has 0 saturated carbocycles. The van der Waals surface area contributed by atoms with Crippen molar-refractivity contribution < 1.29 is 40.0 Å². The van der Waals surface area contributed by atoms with Gasteiger partial charge < -0.3 is 18.6 Å². The minimum atomic E-state index is -5.85. The fourth-order valence-corrected chi connectivity index (χ4v) is 4.87. The first-order chi connectivity index (χ1) is 18.7. The third-order valence-corrected chi connectivity index (χ3v) is 7.50. The van der Waals surface area contributed by atoms with Crippen LogP contribution in [0, 0.1) is 12.3 Å². The van der Waals surface area contributed by atoms with Crippen molar-refractivity contribution in [2.24, 2.45) is 5.41 Å². The van der Waals surface area contributed by atoms with Gasteiger partial charge in [0.15, 0.2) is 11.9 Å². The molecule has 228 valence electrons. The van der Waals surface area contributed by atoms with Gasteiger partial charge in [0.2, 0.25) is 0 Å². The number of rotatable bonds is 8. The van der Waals surface area contributed by atoms with Crippen LogP contribution in [0.1, 0.15) is 78.7 Å². The molecule has 0 amide bonds. The zero-order valence-corrected chi connectivity index (χ0v) is 25.4. The van der Waals surface area contributed by atoms with E-state index in [-0.39, 0.29) is 5.41 Å². The average molecular weight is 602 g/mol. The minimum absolute atomic E-state index is 0.109. The Balaban J connectivity index is 2.19. The van der Waals surface area contributed by atoms with E-state index in [1.807, 2.05) is 20.8 Å². The third kappa shape index (κ3) is 8.09. The number of pyridine rings is 2. The summed E-state index contributed by atoms with van der Waals surface area (Å²) >= 11 is 0. The van der Waals surface area contributed by atoms with Crippen LogP contribution in [0.5, 0.6) is 5.75 Å². The molecule has 0 spiro atoms. The highest BCUT2D eigenvalue weighted by atomic mass is 32.2. The molecule has 3 rings (SSSR count). The fraction of sp³-hybridized carbons (Fsp3) is 0.607. The molecule has 0 aliphatic carbocycles. The highest BCUT2D eigenvalue weighted by molar-refractivity contribution is 7.88. The summed E-state index contributed by atoms with van der Waals surface area (Å²) in [5, 5.41) is 0. The molecule has 9 nitrogen and oxygen atoms in total. The van der Waals surface area contributed by atoms with E-state index < -0.39 is 45.2 Å². The molecule has 0 unspecified atom stereocenters. The van der Waals surface area contributed by atoms with Crippen LogP contribution in [-0.4, -0.2) is 54.7 Å². The second-order valence-corrected chi connectivity index (χ2v) is 13.7. The van der Waals surface area contributed by atoms with Crippen LogP contribution in [0.2, 0.25) is 0 Å². The van der Waals surface area contributed by atoms with Crippen molar-refractivity contribution in [3.8, 4) is 17.0 Å².